The Morgan fingerprint density at radius 2 is 1.73 bits per heavy atom. The number of nitrogens with one attached hydrogen (secondary N) is 2. The number of aromatic amines is 2. The van der Waals surface area contributed by atoms with E-state index in [4.69, 9.17) is 36.0 Å². The van der Waals surface area contributed by atoms with Gasteiger partial charge in [0, 0.05) is 10.6 Å². The molecule has 0 aliphatic carbocycles. The molecule has 0 amide bonds. The summed E-state index contributed by atoms with van der Waals surface area (Å²) in [5.41, 5.74) is 0.894. The minimum absolute atomic E-state index is 0.365. The van der Waals surface area contributed by atoms with Gasteiger partial charge in [-0.3, -0.25) is 0 Å². The van der Waals surface area contributed by atoms with E-state index in [9.17, 15) is 0 Å². The highest BCUT2D eigenvalue weighted by atomic mass is 35.5. The van der Waals surface area contributed by atoms with Crippen LogP contribution < -0.4 is 0 Å². The Kier molecular flexibility index (Phi) is 2.95. The first-order valence-electron chi connectivity index (χ1n) is 4.12. The van der Waals surface area contributed by atoms with Gasteiger partial charge >= 0.3 is 0 Å². The molecule has 0 radical (unpaired) electrons. The molecule has 76 valence electrons. The summed E-state index contributed by atoms with van der Waals surface area (Å²) in [6.07, 6.45) is 0. The fraction of sp³-hybridized carbons (Fsp3) is 0. The summed E-state index contributed by atoms with van der Waals surface area (Å²) in [6.45, 7) is 0. The maximum Gasteiger partial charge on any atom is 0.200 e. The lowest BCUT2D eigenvalue weighted by molar-refractivity contribution is 1.01. The minimum atomic E-state index is 0.365. The standard InChI is InChI=1S/C9H6ClN3S2/c10-6-3-1-5(2-4-6)7-11-8(14)13-9(15)12-7/h1-4H,(H2,11,12,13,14,15). The van der Waals surface area contributed by atoms with E-state index in [0.717, 1.165) is 5.56 Å². The molecule has 0 aliphatic heterocycles. The molecule has 0 bridgehead atoms. The van der Waals surface area contributed by atoms with Gasteiger partial charge in [0.1, 0.15) is 5.82 Å². The largest absolute Gasteiger partial charge is 0.317 e. The van der Waals surface area contributed by atoms with E-state index in [1.165, 1.54) is 0 Å². The predicted molar refractivity (Wildman–Crippen MR) is 65.1 cm³/mol. The third kappa shape index (κ3) is 2.50. The van der Waals surface area contributed by atoms with Crippen LogP contribution in [0.1, 0.15) is 0 Å². The van der Waals surface area contributed by atoms with E-state index in [2.05, 4.69) is 15.0 Å². The van der Waals surface area contributed by atoms with Crippen molar-refractivity contribution in [1.82, 2.24) is 15.0 Å². The number of rotatable bonds is 1. The Morgan fingerprint density at radius 3 is 2.33 bits per heavy atom. The molecule has 0 spiro atoms. The molecule has 1 heterocycles. The first kappa shape index (κ1) is 10.5. The molecule has 0 aliphatic rings. The lowest BCUT2D eigenvalue weighted by Crippen LogP contribution is -1.92. The van der Waals surface area contributed by atoms with Gasteiger partial charge in [-0.1, -0.05) is 11.6 Å². The summed E-state index contributed by atoms with van der Waals surface area (Å²) >= 11 is 15.7. The average molecular weight is 256 g/mol. The van der Waals surface area contributed by atoms with E-state index < -0.39 is 0 Å². The molecule has 1 aromatic heterocycles. The van der Waals surface area contributed by atoms with Crippen molar-refractivity contribution >= 4 is 36.0 Å². The van der Waals surface area contributed by atoms with Crippen LogP contribution in [0.15, 0.2) is 24.3 Å². The molecular weight excluding hydrogens is 250 g/mol. The lowest BCUT2D eigenvalue weighted by Gasteiger charge is -2.00. The summed E-state index contributed by atoms with van der Waals surface area (Å²) in [5.74, 6) is 0.639. The number of aromatic nitrogens is 3. The van der Waals surface area contributed by atoms with E-state index in [1.54, 1.807) is 12.1 Å². The molecule has 0 unspecified atom stereocenters. The normalized spacial score (nSPS) is 10.2. The van der Waals surface area contributed by atoms with Crippen molar-refractivity contribution < 1.29 is 0 Å². The van der Waals surface area contributed by atoms with E-state index in [0.29, 0.717) is 20.4 Å². The van der Waals surface area contributed by atoms with Crippen LogP contribution in [0.25, 0.3) is 11.4 Å². The summed E-state index contributed by atoms with van der Waals surface area (Å²) < 4.78 is 0.823. The SMILES string of the molecule is S=c1nc(-c2ccc(Cl)cc2)[nH]c(=S)[nH]1. The van der Waals surface area contributed by atoms with Crippen molar-refractivity contribution in [2.24, 2.45) is 0 Å². The molecule has 0 saturated heterocycles. The van der Waals surface area contributed by atoms with Gasteiger partial charge in [-0.2, -0.15) is 0 Å². The van der Waals surface area contributed by atoms with Crippen molar-refractivity contribution in [1.29, 1.82) is 0 Å². The van der Waals surface area contributed by atoms with Crippen LogP contribution in [-0.2, 0) is 0 Å². The summed E-state index contributed by atoms with van der Waals surface area (Å²) in [7, 11) is 0. The number of hydrogen-bond acceptors (Lipinski definition) is 3. The minimum Gasteiger partial charge on any atom is -0.317 e. The van der Waals surface area contributed by atoms with Crippen LogP contribution in [0.2, 0.25) is 5.02 Å². The zero-order chi connectivity index (χ0) is 10.8. The highest BCUT2D eigenvalue weighted by Gasteiger charge is 1.99. The van der Waals surface area contributed by atoms with Crippen LogP contribution in [0.3, 0.4) is 0 Å². The molecule has 15 heavy (non-hydrogen) atoms. The van der Waals surface area contributed by atoms with Gasteiger partial charge in [-0.05, 0) is 48.7 Å². The highest BCUT2D eigenvalue weighted by molar-refractivity contribution is 7.71. The number of halogens is 1. The maximum absolute atomic E-state index is 5.78. The van der Waals surface area contributed by atoms with Crippen LogP contribution in [0.5, 0.6) is 0 Å². The van der Waals surface area contributed by atoms with Crippen LogP contribution in [-0.4, -0.2) is 15.0 Å². The Morgan fingerprint density at radius 1 is 1.07 bits per heavy atom. The number of nitrogens with zero attached hydrogens (tertiary/aromatic N) is 1. The molecule has 2 aromatic rings. The van der Waals surface area contributed by atoms with Crippen molar-refractivity contribution in [3.05, 3.63) is 38.8 Å². The van der Waals surface area contributed by atoms with Crippen LogP contribution >= 0.6 is 36.0 Å². The van der Waals surface area contributed by atoms with Gasteiger partial charge < -0.3 is 9.97 Å². The average Bonchev–Trinajstić information content (AvgIpc) is 2.17. The Hall–Kier alpha value is -1.04. The zero-order valence-electron chi connectivity index (χ0n) is 7.45. The summed E-state index contributed by atoms with van der Waals surface area (Å²) in [5, 5.41) is 0.679. The molecule has 6 heteroatoms. The highest BCUT2D eigenvalue weighted by Crippen LogP contribution is 2.17. The zero-order valence-corrected chi connectivity index (χ0v) is 9.84. The van der Waals surface area contributed by atoms with E-state index in [1.807, 2.05) is 12.1 Å². The summed E-state index contributed by atoms with van der Waals surface area (Å²) in [6, 6.07) is 7.28. The van der Waals surface area contributed by atoms with Gasteiger partial charge in [0.15, 0.2) is 4.77 Å². The lowest BCUT2D eigenvalue weighted by atomic mass is 10.2. The monoisotopic (exact) mass is 255 g/mol. The number of benzene rings is 1. The second kappa shape index (κ2) is 4.22. The van der Waals surface area contributed by atoms with Gasteiger partial charge in [0.05, 0.1) is 0 Å². The fourth-order valence-corrected chi connectivity index (χ4v) is 1.72. The second-order valence-corrected chi connectivity index (χ2v) is 4.08. The molecule has 2 N–H and O–H groups in total. The first-order chi connectivity index (χ1) is 7.15. The van der Waals surface area contributed by atoms with E-state index in [-0.39, 0.29) is 0 Å². The second-order valence-electron chi connectivity index (χ2n) is 2.85. The Balaban J connectivity index is 2.59. The topological polar surface area (TPSA) is 44.5 Å². The van der Waals surface area contributed by atoms with Gasteiger partial charge in [0.2, 0.25) is 4.77 Å². The molecule has 3 nitrogen and oxygen atoms in total. The van der Waals surface area contributed by atoms with Gasteiger partial charge in [-0.25, -0.2) is 4.98 Å². The molecular formula is C9H6ClN3S2. The fourth-order valence-electron chi connectivity index (χ4n) is 1.14. The third-order valence-corrected chi connectivity index (χ3v) is 2.43. The number of hydrogen-bond donors (Lipinski definition) is 2. The molecule has 2 rings (SSSR count). The third-order valence-electron chi connectivity index (χ3n) is 1.78. The van der Waals surface area contributed by atoms with Crippen LogP contribution in [0.4, 0.5) is 0 Å². The van der Waals surface area contributed by atoms with Crippen molar-refractivity contribution in [3.63, 3.8) is 0 Å². The smallest absolute Gasteiger partial charge is 0.200 e. The summed E-state index contributed by atoms with van der Waals surface area (Å²) in [4.78, 5) is 9.78. The Bertz CT molecular complexity index is 557. The quantitative estimate of drug-likeness (QED) is 0.767. The van der Waals surface area contributed by atoms with E-state index >= 15 is 0 Å². The van der Waals surface area contributed by atoms with Gasteiger partial charge in [0.25, 0.3) is 0 Å². The molecule has 1 aromatic carbocycles. The Labute approximate surface area is 101 Å². The van der Waals surface area contributed by atoms with Crippen molar-refractivity contribution in [3.8, 4) is 11.4 Å². The van der Waals surface area contributed by atoms with Gasteiger partial charge in [-0.15, -0.1) is 0 Å². The first-order valence-corrected chi connectivity index (χ1v) is 5.31. The molecule has 0 saturated carbocycles. The van der Waals surface area contributed by atoms with Crippen LogP contribution in [0, 0.1) is 9.54 Å². The van der Waals surface area contributed by atoms with Crippen molar-refractivity contribution in [2.75, 3.05) is 0 Å². The van der Waals surface area contributed by atoms with Crippen molar-refractivity contribution in [2.45, 2.75) is 0 Å². The predicted octanol–water partition coefficient (Wildman–Crippen LogP) is 3.52. The maximum atomic E-state index is 5.78. The molecule has 0 atom stereocenters. The molecule has 0 fully saturated rings. The number of H-pyrrole nitrogens is 2.